The molecule has 0 fully saturated rings. The smallest absolute Gasteiger partial charge is 0.134 e. The zero-order valence-corrected chi connectivity index (χ0v) is 7.17. The number of hydrogen-bond acceptors (Lipinski definition) is 4. The largest absolute Gasteiger partial charge is 0.220 e. The van der Waals surface area contributed by atoms with Gasteiger partial charge in [-0.1, -0.05) is 12.1 Å². The van der Waals surface area contributed by atoms with Crippen molar-refractivity contribution in [3.63, 3.8) is 0 Å². The van der Waals surface area contributed by atoms with Crippen LogP contribution >= 0.6 is 0 Å². The van der Waals surface area contributed by atoms with Crippen LogP contribution in [0.2, 0.25) is 0 Å². The third kappa shape index (κ3) is 1.46. The normalized spacial score (nSPS) is 10.5. The Morgan fingerprint density at radius 2 is 2.23 bits per heavy atom. The third-order valence-electron chi connectivity index (χ3n) is 1.56. The monoisotopic (exact) mass is 179 g/mol. The first-order chi connectivity index (χ1) is 6.42. The molecule has 0 aliphatic rings. The van der Waals surface area contributed by atoms with Gasteiger partial charge in [0.05, 0.1) is 6.61 Å². The Labute approximate surface area is 74.7 Å². The van der Waals surface area contributed by atoms with Gasteiger partial charge in [0.15, 0.2) is 0 Å². The maximum absolute atomic E-state index is 4.85. The van der Waals surface area contributed by atoms with Crippen molar-refractivity contribution in [1.29, 1.82) is 0 Å². The Balaban J connectivity index is 2.35. The summed E-state index contributed by atoms with van der Waals surface area (Å²) in [5, 5.41) is 7.63. The minimum absolute atomic E-state index is 0.466. The molecule has 2 aromatic rings. The van der Waals surface area contributed by atoms with E-state index in [1.807, 2.05) is 31.2 Å². The molecule has 0 spiro atoms. The molecule has 5 nitrogen and oxygen atoms in total. The molecular formula is C8H9N3O2. The number of aromatic nitrogens is 3. The SMILES string of the molecule is CCOOn1nnc2ccccc21. The second-order valence-electron chi connectivity index (χ2n) is 2.43. The summed E-state index contributed by atoms with van der Waals surface area (Å²) in [5.74, 6) is 0. The maximum Gasteiger partial charge on any atom is 0.134 e. The first-order valence-electron chi connectivity index (χ1n) is 4.02. The summed E-state index contributed by atoms with van der Waals surface area (Å²) in [5.41, 5.74) is 1.57. The minimum Gasteiger partial charge on any atom is -0.220 e. The number of fused-ring (bicyclic) bond motifs is 1. The van der Waals surface area contributed by atoms with Gasteiger partial charge in [0.25, 0.3) is 0 Å². The highest BCUT2D eigenvalue weighted by Gasteiger charge is 2.03. The van der Waals surface area contributed by atoms with Crippen molar-refractivity contribution in [2.24, 2.45) is 0 Å². The topological polar surface area (TPSA) is 49.2 Å². The van der Waals surface area contributed by atoms with E-state index >= 15 is 0 Å². The highest BCUT2D eigenvalue weighted by Crippen LogP contribution is 2.07. The molecule has 0 saturated carbocycles. The molecule has 1 heterocycles. The lowest BCUT2D eigenvalue weighted by Gasteiger charge is -1.99. The van der Waals surface area contributed by atoms with E-state index in [4.69, 9.17) is 9.88 Å². The zero-order valence-electron chi connectivity index (χ0n) is 7.17. The summed E-state index contributed by atoms with van der Waals surface area (Å²) in [6.45, 7) is 2.30. The summed E-state index contributed by atoms with van der Waals surface area (Å²) < 4.78 is 0. The molecule has 0 N–H and O–H groups in total. The zero-order chi connectivity index (χ0) is 9.10. The summed E-state index contributed by atoms with van der Waals surface area (Å²) in [6.07, 6.45) is 0. The van der Waals surface area contributed by atoms with E-state index in [0.717, 1.165) is 11.0 Å². The average Bonchev–Trinajstić information content (AvgIpc) is 2.58. The molecule has 1 aromatic carbocycles. The number of para-hydroxylation sites is 1. The highest BCUT2D eigenvalue weighted by atomic mass is 17.3. The van der Waals surface area contributed by atoms with E-state index < -0.39 is 0 Å². The molecule has 0 aliphatic carbocycles. The second kappa shape index (κ2) is 3.40. The number of hydrogen-bond donors (Lipinski definition) is 0. The van der Waals surface area contributed by atoms with Crippen LogP contribution in [0.15, 0.2) is 24.3 Å². The molecule has 0 aliphatic heterocycles. The average molecular weight is 179 g/mol. The Bertz CT molecular complexity index is 399. The number of benzene rings is 1. The number of nitrogens with zero attached hydrogens (tertiary/aromatic N) is 3. The Morgan fingerprint density at radius 1 is 1.38 bits per heavy atom. The molecule has 0 amide bonds. The molecule has 0 radical (unpaired) electrons. The van der Waals surface area contributed by atoms with E-state index in [-0.39, 0.29) is 0 Å². The lowest BCUT2D eigenvalue weighted by Crippen LogP contribution is -2.13. The lowest BCUT2D eigenvalue weighted by molar-refractivity contribution is -0.296. The highest BCUT2D eigenvalue weighted by molar-refractivity contribution is 5.73. The van der Waals surface area contributed by atoms with Gasteiger partial charge in [0.1, 0.15) is 11.0 Å². The van der Waals surface area contributed by atoms with Gasteiger partial charge in [0, 0.05) is 0 Å². The van der Waals surface area contributed by atoms with Crippen molar-refractivity contribution in [3.05, 3.63) is 24.3 Å². The summed E-state index contributed by atoms with van der Waals surface area (Å²) >= 11 is 0. The minimum atomic E-state index is 0.466. The van der Waals surface area contributed by atoms with Gasteiger partial charge in [-0.3, -0.25) is 0 Å². The second-order valence-corrected chi connectivity index (χ2v) is 2.43. The van der Waals surface area contributed by atoms with E-state index in [0.29, 0.717) is 6.61 Å². The van der Waals surface area contributed by atoms with Crippen LogP contribution in [0.4, 0.5) is 0 Å². The quantitative estimate of drug-likeness (QED) is 0.516. The van der Waals surface area contributed by atoms with Crippen molar-refractivity contribution in [1.82, 2.24) is 15.2 Å². The molecule has 0 saturated heterocycles. The molecule has 0 unspecified atom stereocenters. The predicted octanol–water partition coefficient (Wildman–Crippen LogP) is 0.811. The summed E-state index contributed by atoms with van der Waals surface area (Å²) in [4.78, 5) is 10.8. The van der Waals surface area contributed by atoms with Crippen molar-refractivity contribution < 1.29 is 9.88 Å². The van der Waals surface area contributed by atoms with Crippen molar-refractivity contribution in [3.8, 4) is 0 Å². The Hall–Kier alpha value is -1.62. The van der Waals surface area contributed by atoms with Gasteiger partial charge in [0.2, 0.25) is 0 Å². The van der Waals surface area contributed by atoms with Gasteiger partial charge in [-0.25, -0.2) is 4.99 Å². The summed E-state index contributed by atoms with van der Waals surface area (Å²) in [6, 6.07) is 7.49. The van der Waals surface area contributed by atoms with E-state index in [1.165, 1.54) is 4.85 Å². The van der Waals surface area contributed by atoms with E-state index in [1.54, 1.807) is 0 Å². The van der Waals surface area contributed by atoms with Crippen LogP contribution in [0.3, 0.4) is 0 Å². The number of rotatable bonds is 3. The molecule has 68 valence electrons. The third-order valence-corrected chi connectivity index (χ3v) is 1.56. The Morgan fingerprint density at radius 3 is 3.08 bits per heavy atom. The molecule has 1 aromatic heterocycles. The standard InChI is InChI=1S/C8H9N3O2/c1-2-12-13-11-8-6-4-3-5-7(8)9-10-11/h3-6H,2H2,1H3. The molecule has 13 heavy (non-hydrogen) atoms. The molecular weight excluding hydrogens is 170 g/mol. The van der Waals surface area contributed by atoms with E-state index in [2.05, 4.69) is 10.3 Å². The van der Waals surface area contributed by atoms with Crippen LogP contribution in [-0.2, 0) is 4.89 Å². The fraction of sp³-hybridized carbons (Fsp3) is 0.250. The van der Waals surface area contributed by atoms with Gasteiger partial charge >= 0.3 is 0 Å². The molecule has 0 bridgehead atoms. The van der Waals surface area contributed by atoms with Gasteiger partial charge < -0.3 is 0 Å². The fourth-order valence-electron chi connectivity index (χ4n) is 1.01. The van der Waals surface area contributed by atoms with Crippen LogP contribution in [0.1, 0.15) is 6.92 Å². The fourth-order valence-corrected chi connectivity index (χ4v) is 1.01. The molecule has 0 atom stereocenters. The maximum atomic E-state index is 4.85. The van der Waals surface area contributed by atoms with Gasteiger partial charge in [-0.05, 0) is 29.1 Å². The first kappa shape index (κ1) is 8.00. The summed E-state index contributed by atoms with van der Waals surface area (Å²) in [7, 11) is 0. The van der Waals surface area contributed by atoms with Crippen LogP contribution < -0.4 is 4.99 Å². The van der Waals surface area contributed by atoms with Crippen molar-refractivity contribution in [2.75, 3.05) is 6.61 Å². The lowest BCUT2D eigenvalue weighted by atomic mass is 10.3. The van der Waals surface area contributed by atoms with Crippen LogP contribution in [0, 0.1) is 0 Å². The van der Waals surface area contributed by atoms with Crippen molar-refractivity contribution in [2.45, 2.75) is 6.92 Å². The molecule has 2 rings (SSSR count). The van der Waals surface area contributed by atoms with Crippen LogP contribution in [-0.4, -0.2) is 21.8 Å². The Kier molecular flexibility index (Phi) is 2.09. The van der Waals surface area contributed by atoms with Gasteiger partial charge in [-0.15, -0.1) is 5.10 Å². The first-order valence-corrected chi connectivity index (χ1v) is 4.02. The van der Waals surface area contributed by atoms with E-state index in [9.17, 15) is 0 Å². The molecule has 5 heteroatoms. The predicted molar refractivity (Wildman–Crippen MR) is 45.7 cm³/mol. The van der Waals surface area contributed by atoms with Crippen LogP contribution in [0.5, 0.6) is 0 Å². The van der Waals surface area contributed by atoms with Gasteiger partial charge in [-0.2, -0.15) is 4.89 Å². The van der Waals surface area contributed by atoms with Crippen LogP contribution in [0.25, 0.3) is 11.0 Å². The van der Waals surface area contributed by atoms with Crippen molar-refractivity contribution >= 4 is 11.0 Å².